The van der Waals surface area contributed by atoms with Gasteiger partial charge >= 0.3 is 5.97 Å². The molecule has 1 aromatic rings. The summed E-state index contributed by atoms with van der Waals surface area (Å²) in [4.78, 5) is 25.4. The molecule has 1 aliphatic rings. The van der Waals surface area contributed by atoms with Crippen molar-refractivity contribution in [2.75, 3.05) is 20.8 Å². The minimum atomic E-state index is -1.03. The fraction of sp³-hybridized carbons (Fsp3) is 0.500. The number of hydrogen-bond donors (Lipinski definition) is 1. The molecular formula is C16H21NO5. The number of carbonyl (C=O) groups excluding carboxylic acids is 1. The predicted octanol–water partition coefficient (Wildman–Crippen LogP) is 2.01. The van der Waals surface area contributed by atoms with Gasteiger partial charge in [0.05, 0.1) is 14.2 Å². The summed E-state index contributed by atoms with van der Waals surface area (Å²) < 4.78 is 10.5. The zero-order valence-corrected chi connectivity index (χ0v) is 13.1. The van der Waals surface area contributed by atoms with Gasteiger partial charge in [-0.3, -0.25) is 4.79 Å². The zero-order chi connectivity index (χ0) is 16.3. The normalized spacial score (nSPS) is 16.9. The Balaban J connectivity index is 2.48. The molecule has 1 aromatic carbocycles. The molecule has 1 atom stereocenters. The lowest BCUT2D eigenvalue weighted by Crippen LogP contribution is -2.43. The first kappa shape index (κ1) is 16.1. The van der Waals surface area contributed by atoms with E-state index in [0.717, 1.165) is 5.56 Å². The second-order valence-electron chi connectivity index (χ2n) is 5.23. The van der Waals surface area contributed by atoms with E-state index in [1.54, 1.807) is 19.2 Å². The molecule has 0 saturated carbocycles. The van der Waals surface area contributed by atoms with Gasteiger partial charge in [0.2, 0.25) is 5.91 Å². The number of hydrogen-bond acceptors (Lipinski definition) is 4. The maximum atomic E-state index is 12.2. The minimum absolute atomic E-state index is 0.129. The Morgan fingerprint density at radius 3 is 2.45 bits per heavy atom. The Kier molecular flexibility index (Phi) is 4.90. The highest BCUT2D eigenvalue weighted by atomic mass is 16.5. The van der Waals surface area contributed by atoms with E-state index in [0.29, 0.717) is 42.9 Å². The Hall–Kier alpha value is -2.24. The molecule has 120 valence electrons. The van der Waals surface area contributed by atoms with Crippen LogP contribution in [0.3, 0.4) is 0 Å². The Morgan fingerprint density at radius 1 is 1.27 bits per heavy atom. The smallest absolute Gasteiger partial charge is 0.331 e. The summed E-state index contributed by atoms with van der Waals surface area (Å²) in [6, 6.07) is 2.49. The third-order valence-electron chi connectivity index (χ3n) is 3.89. The molecule has 0 saturated heterocycles. The molecule has 0 aliphatic carbocycles. The van der Waals surface area contributed by atoms with E-state index in [9.17, 15) is 14.7 Å². The number of rotatable bonds is 5. The molecule has 1 amide bonds. The largest absolute Gasteiger partial charge is 0.493 e. The average Bonchev–Trinajstić information content (AvgIpc) is 2.52. The highest BCUT2D eigenvalue weighted by molar-refractivity contribution is 5.86. The topological polar surface area (TPSA) is 76.1 Å². The maximum absolute atomic E-state index is 12.2. The number of carboxylic acids is 1. The number of benzene rings is 1. The summed E-state index contributed by atoms with van der Waals surface area (Å²) in [5, 5.41) is 9.60. The van der Waals surface area contributed by atoms with Crippen LogP contribution in [0.1, 0.15) is 36.9 Å². The van der Waals surface area contributed by atoms with Gasteiger partial charge in [-0.05, 0) is 36.1 Å². The van der Waals surface area contributed by atoms with Gasteiger partial charge in [0.1, 0.15) is 0 Å². The van der Waals surface area contributed by atoms with E-state index < -0.39 is 12.0 Å². The molecule has 22 heavy (non-hydrogen) atoms. The fourth-order valence-corrected chi connectivity index (χ4v) is 2.84. The van der Waals surface area contributed by atoms with Crippen molar-refractivity contribution in [2.45, 2.75) is 32.2 Å². The number of nitrogens with zero attached hydrogens (tertiary/aromatic N) is 1. The van der Waals surface area contributed by atoms with E-state index in [2.05, 4.69) is 0 Å². The molecular weight excluding hydrogens is 286 g/mol. The van der Waals surface area contributed by atoms with E-state index in [4.69, 9.17) is 9.47 Å². The molecule has 6 heteroatoms. The second-order valence-corrected chi connectivity index (χ2v) is 5.23. The van der Waals surface area contributed by atoms with Gasteiger partial charge in [0, 0.05) is 13.0 Å². The first-order chi connectivity index (χ1) is 10.5. The van der Waals surface area contributed by atoms with Gasteiger partial charge in [-0.25, -0.2) is 4.79 Å². The van der Waals surface area contributed by atoms with Crippen LogP contribution in [0, 0.1) is 0 Å². The molecule has 1 N–H and O–H groups in total. The van der Waals surface area contributed by atoms with Crippen LogP contribution in [0.25, 0.3) is 0 Å². The van der Waals surface area contributed by atoms with E-state index in [1.165, 1.54) is 12.0 Å². The lowest BCUT2D eigenvalue weighted by molar-refractivity contribution is -0.151. The summed E-state index contributed by atoms with van der Waals surface area (Å²) in [6.45, 7) is 2.30. The van der Waals surface area contributed by atoms with Crippen molar-refractivity contribution in [3.05, 3.63) is 23.3 Å². The first-order valence-electron chi connectivity index (χ1n) is 7.30. The fourth-order valence-electron chi connectivity index (χ4n) is 2.84. The number of fused-ring (bicyclic) bond motifs is 1. The Labute approximate surface area is 129 Å². The van der Waals surface area contributed by atoms with Gasteiger partial charge < -0.3 is 19.5 Å². The zero-order valence-electron chi connectivity index (χ0n) is 13.1. The third kappa shape index (κ3) is 2.86. The first-order valence-corrected chi connectivity index (χ1v) is 7.30. The number of carboxylic acid groups (broad SMARTS) is 1. The van der Waals surface area contributed by atoms with E-state index in [1.807, 2.05) is 6.92 Å². The van der Waals surface area contributed by atoms with Crippen LogP contribution in [0.5, 0.6) is 11.5 Å². The molecule has 0 spiro atoms. The van der Waals surface area contributed by atoms with Crippen molar-refractivity contribution in [1.29, 1.82) is 0 Å². The number of carbonyl (C=O) groups is 2. The molecule has 2 rings (SSSR count). The monoisotopic (exact) mass is 307 g/mol. The van der Waals surface area contributed by atoms with Crippen molar-refractivity contribution < 1.29 is 24.2 Å². The molecule has 0 fully saturated rings. The molecule has 0 bridgehead atoms. The lowest BCUT2D eigenvalue weighted by atomic mass is 9.91. The van der Waals surface area contributed by atoms with Crippen molar-refractivity contribution in [3.8, 4) is 11.5 Å². The summed E-state index contributed by atoms with van der Waals surface area (Å²) in [5.74, 6) is -0.121. The van der Waals surface area contributed by atoms with Gasteiger partial charge in [0.25, 0.3) is 0 Å². The molecule has 6 nitrogen and oxygen atoms in total. The van der Waals surface area contributed by atoms with Gasteiger partial charge in [0.15, 0.2) is 17.5 Å². The van der Waals surface area contributed by atoms with Crippen LogP contribution in [-0.2, 0) is 16.0 Å². The Morgan fingerprint density at radius 2 is 1.91 bits per heavy atom. The van der Waals surface area contributed by atoms with Crippen molar-refractivity contribution in [1.82, 2.24) is 4.90 Å². The lowest BCUT2D eigenvalue weighted by Gasteiger charge is -2.35. The molecule has 1 unspecified atom stereocenters. The SMILES string of the molecule is CCCC(=O)N1CCc2cc(OC)c(OC)cc2C1C(=O)O. The van der Waals surface area contributed by atoms with Crippen LogP contribution in [0.2, 0.25) is 0 Å². The highest BCUT2D eigenvalue weighted by Gasteiger charge is 2.36. The van der Waals surface area contributed by atoms with Gasteiger partial charge in [-0.2, -0.15) is 0 Å². The molecule has 1 aliphatic heterocycles. The maximum Gasteiger partial charge on any atom is 0.331 e. The molecule has 0 radical (unpaired) electrons. The quantitative estimate of drug-likeness (QED) is 0.900. The standard InChI is InChI=1S/C16H21NO5/c1-4-5-14(18)17-7-6-10-8-12(21-2)13(22-3)9-11(10)15(17)16(19)20/h8-9,15H,4-7H2,1-3H3,(H,19,20). The van der Waals surface area contributed by atoms with Crippen LogP contribution >= 0.6 is 0 Å². The molecule has 1 heterocycles. The van der Waals surface area contributed by atoms with Gasteiger partial charge in [-0.1, -0.05) is 6.92 Å². The number of methoxy groups -OCH3 is 2. The summed E-state index contributed by atoms with van der Waals surface area (Å²) >= 11 is 0. The predicted molar refractivity (Wildman–Crippen MR) is 80.2 cm³/mol. The molecule has 0 aromatic heterocycles. The number of amides is 1. The van der Waals surface area contributed by atoms with Crippen LogP contribution < -0.4 is 9.47 Å². The average molecular weight is 307 g/mol. The number of aliphatic carboxylic acids is 1. The highest BCUT2D eigenvalue weighted by Crippen LogP contribution is 2.38. The van der Waals surface area contributed by atoms with Crippen molar-refractivity contribution in [2.24, 2.45) is 0 Å². The van der Waals surface area contributed by atoms with E-state index in [-0.39, 0.29) is 5.91 Å². The second kappa shape index (κ2) is 6.68. The van der Waals surface area contributed by atoms with Crippen molar-refractivity contribution in [3.63, 3.8) is 0 Å². The minimum Gasteiger partial charge on any atom is -0.493 e. The Bertz CT molecular complexity index is 584. The van der Waals surface area contributed by atoms with Gasteiger partial charge in [-0.15, -0.1) is 0 Å². The summed E-state index contributed by atoms with van der Waals surface area (Å²) in [5.41, 5.74) is 1.48. The number of ether oxygens (including phenoxy) is 2. The summed E-state index contributed by atoms with van der Waals surface area (Å²) in [6.07, 6.45) is 1.65. The van der Waals surface area contributed by atoms with Crippen LogP contribution in [0.4, 0.5) is 0 Å². The summed E-state index contributed by atoms with van der Waals surface area (Å²) in [7, 11) is 3.04. The third-order valence-corrected chi connectivity index (χ3v) is 3.89. The van der Waals surface area contributed by atoms with Crippen molar-refractivity contribution >= 4 is 11.9 Å². The van der Waals surface area contributed by atoms with Crippen LogP contribution in [-0.4, -0.2) is 42.6 Å². The van der Waals surface area contributed by atoms with Crippen LogP contribution in [0.15, 0.2) is 12.1 Å². The van der Waals surface area contributed by atoms with E-state index >= 15 is 0 Å².